The number of carbonyl (C=O) groups excluding carboxylic acids is 1. The van der Waals surface area contributed by atoms with Crippen molar-refractivity contribution in [3.8, 4) is 5.69 Å². The van der Waals surface area contributed by atoms with Crippen molar-refractivity contribution in [2.45, 2.75) is 16.8 Å². The molecule has 6 heteroatoms. The van der Waals surface area contributed by atoms with Crippen molar-refractivity contribution in [1.29, 1.82) is 0 Å². The number of thioether (sulfide) groups is 1. The molecule has 0 radical (unpaired) electrons. The lowest BCUT2D eigenvalue weighted by Crippen LogP contribution is -2.12. The number of Topliss-reactive ketones (excluding diaryl/α,β-unsaturated/α-hetero) is 1. The number of carbonyl (C=O) groups is 1. The molecule has 0 N–H and O–H groups in total. The van der Waals surface area contributed by atoms with Crippen LogP contribution in [0.1, 0.15) is 15.9 Å². The number of rotatable bonds is 3. The van der Waals surface area contributed by atoms with Gasteiger partial charge in [0.2, 0.25) is 5.16 Å². The number of ketones is 1. The van der Waals surface area contributed by atoms with Crippen LogP contribution in [0.15, 0.2) is 59.8 Å². The molecule has 2 aromatic carbocycles. The van der Waals surface area contributed by atoms with Crippen LogP contribution >= 0.6 is 11.8 Å². The van der Waals surface area contributed by atoms with Crippen molar-refractivity contribution in [2.75, 3.05) is 0 Å². The Balaban J connectivity index is 1.62. The van der Waals surface area contributed by atoms with Gasteiger partial charge in [0.15, 0.2) is 5.78 Å². The van der Waals surface area contributed by atoms with Crippen molar-refractivity contribution >= 4 is 17.5 Å². The maximum absolute atomic E-state index is 12.5. The summed E-state index contributed by atoms with van der Waals surface area (Å²) in [6, 6.07) is 17.4. The van der Waals surface area contributed by atoms with E-state index in [-0.39, 0.29) is 11.0 Å². The molecule has 3 aromatic rings. The summed E-state index contributed by atoms with van der Waals surface area (Å²) in [4.78, 5) is 12.5. The first-order valence-corrected chi connectivity index (χ1v) is 7.83. The zero-order valence-corrected chi connectivity index (χ0v) is 12.4. The van der Waals surface area contributed by atoms with Crippen LogP contribution < -0.4 is 0 Å². The number of aromatic nitrogens is 4. The van der Waals surface area contributed by atoms with E-state index in [4.69, 9.17) is 0 Å². The lowest BCUT2D eigenvalue weighted by Gasteiger charge is -2.07. The Hall–Kier alpha value is -2.47. The predicted octanol–water partition coefficient (Wildman–Crippen LogP) is 2.56. The summed E-state index contributed by atoms with van der Waals surface area (Å²) in [5.41, 5.74) is 2.81. The molecule has 0 amide bonds. The average molecular weight is 308 g/mol. The molecule has 0 unspecified atom stereocenters. The third-order valence-corrected chi connectivity index (χ3v) is 4.80. The van der Waals surface area contributed by atoms with Crippen LogP contribution in [0, 0.1) is 0 Å². The maximum atomic E-state index is 12.5. The Morgan fingerprint density at radius 3 is 2.64 bits per heavy atom. The molecular weight excluding hydrogens is 296 g/mol. The second-order valence-electron chi connectivity index (χ2n) is 5.04. The van der Waals surface area contributed by atoms with Crippen LogP contribution in [-0.4, -0.2) is 31.2 Å². The Kier molecular flexibility index (Phi) is 3.23. The summed E-state index contributed by atoms with van der Waals surface area (Å²) in [6.07, 6.45) is 0.724. The van der Waals surface area contributed by atoms with Gasteiger partial charge in [0.05, 0.1) is 10.9 Å². The van der Waals surface area contributed by atoms with Gasteiger partial charge >= 0.3 is 0 Å². The third kappa shape index (κ3) is 2.21. The molecule has 22 heavy (non-hydrogen) atoms. The molecular formula is C16H12N4OS. The molecule has 4 rings (SSSR count). The summed E-state index contributed by atoms with van der Waals surface area (Å²) in [6.45, 7) is 0. The second kappa shape index (κ2) is 5.38. The first-order valence-electron chi connectivity index (χ1n) is 6.95. The molecule has 1 heterocycles. The van der Waals surface area contributed by atoms with Gasteiger partial charge in [-0.05, 0) is 34.5 Å². The smallest absolute Gasteiger partial charge is 0.214 e. The molecule has 5 nitrogen and oxygen atoms in total. The van der Waals surface area contributed by atoms with E-state index in [2.05, 4.69) is 15.5 Å². The van der Waals surface area contributed by atoms with Gasteiger partial charge < -0.3 is 0 Å². The normalized spacial score (nSPS) is 16.7. The first-order chi connectivity index (χ1) is 10.8. The average Bonchev–Trinajstić information content (AvgIpc) is 3.15. The summed E-state index contributed by atoms with van der Waals surface area (Å²) >= 11 is 1.42. The lowest BCUT2D eigenvalue weighted by molar-refractivity contribution is 0.1000. The minimum atomic E-state index is -0.161. The van der Waals surface area contributed by atoms with Crippen LogP contribution in [0.2, 0.25) is 0 Å². The van der Waals surface area contributed by atoms with Gasteiger partial charge in [-0.2, -0.15) is 4.68 Å². The highest BCUT2D eigenvalue weighted by Crippen LogP contribution is 2.33. The number of para-hydroxylation sites is 1. The summed E-state index contributed by atoms with van der Waals surface area (Å²) in [7, 11) is 0. The standard InChI is InChI=1S/C16H12N4OS/c21-15-13-9-5-4-6-11(13)10-14(15)22-16-17-18-19-20(16)12-7-2-1-3-8-12/h1-9,14H,10H2/t14-/m1/s1. The minimum Gasteiger partial charge on any atom is -0.293 e. The molecule has 0 saturated carbocycles. The van der Waals surface area contributed by atoms with E-state index >= 15 is 0 Å². The van der Waals surface area contributed by atoms with Crippen LogP contribution in [0.25, 0.3) is 5.69 Å². The van der Waals surface area contributed by atoms with Gasteiger partial charge in [0.25, 0.3) is 0 Å². The van der Waals surface area contributed by atoms with E-state index in [9.17, 15) is 4.79 Å². The number of nitrogens with zero attached hydrogens (tertiary/aromatic N) is 4. The number of fused-ring (bicyclic) bond motifs is 1. The quantitative estimate of drug-likeness (QED) is 0.744. The van der Waals surface area contributed by atoms with E-state index in [0.29, 0.717) is 5.16 Å². The summed E-state index contributed by atoms with van der Waals surface area (Å²) in [5.74, 6) is 0.156. The van der Waals surface area contributed by atoms with Gasteiger partial charge in [-0.3, -0.25) is 4.79 Å². The zero-order valence-electron chi connectivity index (χ0n) is 11.6. The van der Waals surface area contributed by atoms with Crippen molar-refractivity contribution in [2.24, 2.45) is 0 Å². The fraction of sp³-hybridized carbons (Fsp3) is 0.125. The topological polar surface area (TPSA) is 60.7 Å². The van der Waals surface area contributed by atoms with Gasteiger partial charge in [-0.25, -0.2) is 0 Å². The van der Waals surface area contributed by atoms with Crippen LogP contribution in [-0.2, 0) is 6.42 Å². The number of hydrogen-bond acceptors (Lipinski definition) is 5. The van der Waals surface area contributed by atoms with Gasteiger partial charge in [0.1, 0.15) is 0 Å². The van der Waals surface area contributed by atoms with E-state index in [1.54, 1.807) is 4.68 Å². The monoisotopic (exact) mass is 308 g/mol. The first kappa shape index (κ1) is 13.2. The van der Waals surface area contributed by atoms with Gasteiger partial charge in [-0.1, -0.05) is 54.2 Å². The number of tetrazole rings is 1. The predicted molar refractivity (Wildman–Crippen MR) is 83.3 cm³/mol. The summed E-state index contributed by atoms with van der Waals surface area (Å²) in [5, 5.41) is 12.3. The Morgan fingerprint density at radius 2 is 1.82 bits per heavy atom. The number of benzene rings is 2. The Morgan fingerprint density at radius 1 is 1.05 bits per heavy atom. The highest BCUT2D eigenvalue weighted by molar-refractivity contribution is 8.00. The van der Waals surface area contributed by atoms with E-state index in [1.807, 2.05) is 54.6 Å². The van der Waals surface area contributed by atoms with E-state index in [1.165, 1.54) is 11.8 Å². The molecule has 1 aliphatic rings. The maximum Gasteiger partial charge on any atom is 0.214 e. The molecule has 0 bridgehead atoms. The molecule has 0 aliphatic heterocycles. The van der Waals surface area contributed by atoms with Crippen LogP contribution in [0.3, 0.4) is 0 Å². The van der Waals surface area contributed by atoms with E-state index in [0.717, 1.165) is 23.2 Å². The second-order valence-corrected chi connectivity index (χ2v) is 6.21. The molecule has 108 valence electrons. The van der Waals surface area contributed by atoms with Gasteiger partial charge in [-0.15, -0.1) is 5.10 Å². The van der Waals surface area contributed by atoms with Crippen molar-refractivity contribution in [3.63, 3.8) is 0 Å². The van der Waals surface area contributed by atoms with Crippen LogP contribution in [0.4, 0.5) is 0 Å². The molecule has 0 spiro atoms. The zero-order chi connectivity index (χ0) is 14.9. The Bertz CT molecular complexity index is 831. The fourth-order valence-corrected chi connectivity index (χ4v) is 3.69. The molecule has 1 aromatic heterocycles. The number of hydrogen-bond donors (Lipinski definition) is 0. The van der Waals surface area contributed by atoms with E-state index < -0.39 is 0 Å². The van der Waals surface area contributed by atoms with Crippen LogP contribution in [0.5, 0.6) is 0 Å². The fourth-order valence-electron chi connectivity index (χ4n) is 2.61. The SMILES string of the molecule is O=C1c2ccccc2C[C@H]1Sc1nnnn1-c1ccccc1. The minimum absolute atomic E-state index is 0.156. The molecule has 1 aliphatic carbocycles. The molecule has 1 atom stereocenters. The Labute approximate surface area is 131 Å². The van der Waals surface area contributed by atoms with Crippen molar-refractivity contribution in [3.05, 3.63) is 65.7 Å². The highest BCUT2D eigenvalue weighted by Gasteiger charge is 2.32. The lowest BCUT2D eigenvalue weighted by atomic mass is 10.1. The van der Waals surface area contributed by atoms with Crippen molar-refractivity contribution < 1.29 is 4.79 Å². The van der Waals surface area contributed by atoms with Gasteiger partial charge in [0, 0.05) is 5.56 Å². The van der Waals surface area contributed by atoms with Crippen molar-refractivity contribution in [1.82, 2.24) is 20.2 Å². The summed E-state index contributed by atoms with van der Waals surface area (Å²) < 4.78 is 1.67. The largest absolute Gasteiger partial charge is 0.293 e. The molecule has 0 fully saturated rings. The highest BCUT2D eigenvalue weighted by atomic mass is 32.2. The molecule has 0 saturated heterocycles. The third-order valence-electron chi connectivity index (χ3n) is 3.67.